The van der Waals surface area contributed by atoms with Crippen molar-refractivity contribution in [2.24, 2.45) is 15.3 Å². The highest BCUT2D eigenvalue weighted by molar-refractivity contribution is 5.80. The van der Waals surface area contributed by atoms with E-state index < -0.39 is 4.92 Å². The molecule has 0 amide bonds. The standard InChI is InChI=1S/C14H13N5O2/c1-11(15-17-12-6-3-2-4-7-12)16-18-13-8-5-9-14(10-13)19(20)21/h2-10,18H,1H3. The van der Waals surface area contributed by atoms with Crippen LogP contribution in [-0.4, -0.2) is 10.8 Å². The lowest BCUT2D eigenvalue weighted by atomic mass is 10.3. The van der Waals surface area contributed by atoms with Crippen LogP contribution in [0.3, 0.4) is 0 Å². The first-order chi connectivity index (χ1) is 10.1. The number of benzene rings is 2. The van der Waals surface area contributed by atoms with Gasteiger partial charge in [-0.1, -0.05) is 24.3 Å². The molecule has 0 saturated carbocycles. The van der Waals surface area contributed by atoms with Gasteiger partial charge >= 0.3 is 0 Å². The van der Waals surface area contributed by atoms with Gasteiger partial charge in [-0.25, -0.2) is 0 Å². The van der Waals surface area contributed by atoms with Gasteiger partial charge in [0.05, 0.1) is 16.3 Å². The number of amidine groups is 1. The van der Waals surface area contributed by atoms with Gasteiger partial charge in [0.25, 0.3) is 5.69 Å². The number of anilines is 1. The summed E-state index contributed by atoms with van der Waals surface area (Å²) in [5, 5.41) is 22.6. The van der Waals surface area contributed by atoms with E-state index in [4.69, 9.17) is 0 Å². The first-order valence-corrected chi connectivity index (χ1v) is 6.17. The van der Waals surface area contributed by atoms with E-state index in [2.05, 4.69) is 20.8 Å². The molecule has 7 heteroatoms. The molecule has 0 bridgehead atoms. The number of non-ortho nitro benzene ring substituents is 1. The molecular formula is C14H13N5O2. The second kappa shape index (κ2) is 6.90. The molecule has 0 unspecified atom stereocenters. The molecule has 0 aromatic heterocycles. The smallest absolute Gasteiger partial charge is 0.271 e. The molecule has 0 saturated heterocycles. The third kappa shape index (κ3) is 4.50. The summed E-state index contributed by atoms with van der Waals surface area (Å²) in [5.74, 6) is 0.408. The molecular weight excluding hydrogens is 270 g/mol. The van der Waals surface area contributed by atoms with Crippen LogP contribution in [0.25, 0.3) is 0 Å². The van der Waals surface area contributed by atoms with E-state index in [1.807, 2.05) is 30.3 Å². The summed E-state index contributed by atoms with van der Waals surface area (Å²) in [7, 11) is 0. The highest BCUT2D eigenvalue weighted by Crippen LogP contribution is 2.17. The molecule has 106 valence electrons. The van der Waals surface area contributed by atoms with E-state index in [1.54, 1.807) is 19.1 Å². The molecule has 2 aromatic carbocycles. The Morgan fingerprint density at radius 3 is 2.62 bits per heavy atom. The van der Waals surface area contributed by atoms with Gasteiger partial charge in [0.15, 0.2) is 5.84 Å². The maximum absolute atomic E-state index is 10.7. The van der Waals surface area contributed by atoms with Crippen LogP contribution in [0.5, 0.6) is 0 Å². The van der Waals surface area contributed by atoms with Gasteiger partial charge in [-0.2, -0.15) is 5.10 Å². The monoisotopic (exact) mass is 283 g/mol. The van der Waals surface area contributed by atoms with Crippen LogP contribution in [0, 0.1) is 10.1 Å². The largest absolute Gasteiger partial charge is 0.276 e. The number of nitro benzene ring substituents is 1. The summed E-state index contributed by atoms with van der Waals surface area (Å²) < 4.78 is 0. The van der Waals surface area contributed by atoms with E-state index in [0.29, 0.717) is 11.5 Å². The predicted molar refractivity (Wildman–Crippen MR) is 80.8 cm³/mol. The van der Waals surface area contributed by atoms with Gasteiger partial charge in [-0.15, -0.1) is 10.2 Å². The van der Waals surface area contributed by atoms with Gasteiger partial charge in [0, 0.05) is 12.1 Å². The number of nitrogens with zero attached hydrogens (tertiary/aromatic N) is 4. The van der Waals surface area contributed by atoms with Crippen LogP contribution in [0.2, 0.25) is 0 Å². The van der Waals surface area contributed by atoms with Crippen molar-refractivity contribution in [2.75, 3.05) is 5.43 Å². The maximum Gasteiger partial charge on any atom is 0.271 e. The van der Waals surface area contributed by atoms with Gasteiger partial charge < -0.3 is 0 Å². The Morgan fingerprint density at radius 1 is 1.14 bits per heavy atom. The van der Waals surface area contributed by atoms with E-state index in [-0.39, 0.29) is 5.69 Å². The van der Waals surface area contributed by atoms with Gasteiger partial charge in [0.1, 0.15) is 0 Å². The van der Waals surface area contributed by atoms with Crippen LogP contribution in [0.4, 0.5) is 17.1 Å². The molecule has 0 heterocycles. The first-order valence-electron chi connectivity index (χ1n) is 6.17. The molecule has 7 nitrogen and oxygen atoms in total. The second-order valence-corrected chi connectivity index (χ2v) is 4.11. The summed E-state index contributed by atoms with van der Waals surface area (Å²) in [6.07, 6.45) is 0. The van der Waals surface area contributed by atoms with E-state index in [9.17, 15) is 10.1 Å². The van der Waals surface area contributed by atoms with Crippen molar-refractivity contribution < 1.29 is 4.92 Å². The zero-order valence-electron chi connectivity index (χ0n) is 11.3. The number of hydrogen-bond acceptors (Lipinski definition) is 5. The van der Waals surface area contributed by atoms with Gasteiger partial charge in [0.2, 0.25) is 0 Å². The van der Waals surface area contributed by atoms with Crippen molar-refractivity contribution in [1.82, 2.24) is 0 Å². The normalized spacial score (nSPS) is 11.6. The first kappa shape index (κ1) is 14.3. The van der Waals surface area contributed by atoms with Crippen molar-refractivity contribution in [3.8, 4) is 0 Å². The molecule has 21 heavy (non-hydrogen) atoms. The van der Waals surface area contributed by atoms with Crippen LogP contribution < -0.4 is 5.43 Å². The van der Waals surface area contributed by atoms with Crippen molar-refractivity contribution in [3.05, 3.63) is 64.7 Å². The number of azo groups is 1. The van der Waals surface area contributed by atoms with E-state index in [0.717, 1.165) is 5.69 Å². The van der Waals surface area contributed by atoms with Gasteiger partial charge in [-0.05, 0) is 25.1 Å². The Kier molecular flexibility index (Phi) is 4.70. The zero-order valence-corrected chi connectivity index (χ0v) is 11.3. The highest BCUT2D eigenvalue weighted by Gasteiger charge is 2.04. The summed E-state index contributed by atoms with van der Waals surface area (Å²) >= 11 is 0. The van der Waals surface area contributed by atoms with Crippen LogP contribution in [0.15, 0.2) is 69.9 Å². The summed E-state index contributed by atoms with van der Waals surface area (Å²) in [6.45, 7) is 1.68. The lowest BCUT2D eigenvalue weighted by Gasteiger charge is -2.00. The fourth-order valence-corrected chi connectivity index (χ4v) is 1.48. The molecule has 0 spiro atoms. The average molecular weight is 283 g/mol. The topological polar surface area (TPSA) is 92.2 Å². The van der Waals surface area contributed by atoms with E-state index in [1.165, 1.54) is 12.1 Å². The SMILES string of the molecule is CC(N=Nc1ccccc1)=NNc1cccc([N+](=O)[O-])c1. The number of hydrogen-bond donors (Lipinski definition) is 1. The van der Waals surface area contributed by atoms with Crippen molar-refractivity contribution in [1.29, 1.82) is 0 Å². The maximum atomic E-state index is 10.7. The highest BCUT2D eigenvalue weighted by atomic mass is 16.6. The molecule has 0 atom stereocenters. The third-order valence-corrected chi connectivity index (χ3v) is 2.47. The summed E-state index contributed by atoms with van der Waals surface area (Å²) in [6, 6.07) is 15.3. The fraction of sp³-hybridized carbons (Fsp3) is 0.0714. The molecule has 2 rings (SSSR count). The minimum absolute atomic E-state index is 0.00114. The second-order valence-electron chi connectivity index (χ2n) is 4.11. The fourth-order valence-electron chi connectivity index (χ4n) is 1.48. The molecule has 0 radical (unpaired) electrons. The van der Waals surface area contributed by atoms with Gasteiger partial charge in [-0.3, -0.25) is 15.5 Å². The molecule has 0 fully saturated rings. The number of rotatable bonds is 4. The predicted octanol–water partition coefficient (Wildman–Crippen LogP) is 4.12. The molecule has 2 aromatic rings. The van der Waals surface area contributed by atoms with E-state index >= 15 is 0 Å². The molecule has 1 N–H and O–H groups in total. The number of nitro groups is 1. The Balaban J connectivity index is 2.02. The Labute approximate surface area is 121 Å². The summed E-state index contributed by atoms with van der Waals surface area (Å²) in [5.41, 5.74) is 3.94. The molecule has 0 aliphatic rings. The Morgan fingerprint density at radius 2 is 1.90 bits per heavy atom. The minimum atomic E-state index is -0.461. The van der Waals surface area contributed by atoms with Crippen LogP contribution >= 0.6 is 0 Å². The van der Waals surface area contributed by atoms with Crippen LogP contribution in [-0.2, 0) is 0 Å². The van der Waals surface area contributed by atoms with Crippen LogP contribution in [0.1, 0.15) is 6.92 Å². The average Bonchev–Trinajstić information content (AvgIpc) is 2.52. The zero-order chi connectivity index (χ0) is 15.1. The van der Waals surface area contributed by atoms with Crippen molar-refractivity contribution in [2.45, 2.75) is 6.92 Å². The molecule has 0 aliphatic heterocycles. The quantitative estimate of drug-likeness (QED) is 0.300. The number of nitrogens with one attached hydrogen (secondary N) is 1. The van der Waals surface area contributed by atoms with Crippen molar-refractivity contribution in [3.63, 3.8) is 0 Å². The minimum Gasteiger partial charge on any atom is -0.276 e. The molecule has 0 aliphatic carbocycles. The lowest BCUT2D eigenvalue weighted by Crippen LogP contribution is -1.95. The third-order valence-electron chi connectivity index (χ3n) is 2.47. The Hall–Kier alpha value is -3.09. The van der Waals surface area contributed by atoms with Crippen molar-refractivity contribution >= 4 is 22.9 Å². The Bertz CT molecular complexity index is 683. The lowest BCUT2D eigenvalue weighted by molar-refractivity contribution is -0.384. The summed E-state index contributed by atoms with van der Waals surface area (Å²) in [4.78, 5) is 10.2. The number of hydrazone groups is 1.